The van der Waals surface area contributed by atoms with E-state index < -0.39 is 0 Å². The van der Waals surface area contributed by atoms with Gasteiger partial charge in [-0.1, -0.05) is 12.1 Å². The Hall–Kier alpha value is -2.24. The second kappa shape index (κ2) is 5.63. The van der Waals surface area contributed by atoms with Gasteiger partial charge in [0.15, 0.2) is 11.5 Å². The number of rotatable bonds is 4. The Morgan fingerprint density at radius 2 is 2.05 bits per heavy atom. The van der Waals surface area contributed by atoms with Crippen LogP contribution in [0.2, 0.25) is 0 Å². The van der Waals surface area contributed by atoms with Crippen LogP contribution in [0.4, 0.5) is 5.69 Å². The second-order valence-electron chi connectivity index (χ2n) is 4.99. The number of ether oxygens (including phenoxy) is 2. The molecule has 0 saturated heterocycles. The van der Waals surface area contributed by atoms with Gasteiger partial charge in [0, 0.05) is 29.9 Å². The summed E-state index contributed by atoms with van der Waals surface area (Å²) in [7, 11) is 1.91. The van der Waals surface area contributed by atoms with Crippen LogP contribution in [0.15, 0.2) is 30.3 Å². The number of nitrogen functional groups attached to an aromatic ring is 1. The molecule has 110 valence electrons. The standard InChI is InChI=1S/C16H19N3O2/c1-19-8-11-3-5-14-16(21-9-20-14)15(11)12-6-10(7-17)2-4-13(12)18/h2-6,19H,7-9,17-18H2,1H3. The number of nitrogens with two attached hydrogens (primary N) is 2. The minimum absolute atomic E-state index is 0.238. The van der Waals surface area contributed by atoms with Crippen molar-refractivity contribution in [1.29, 1.82) is 0 Å². The monoisotopic (exact) mass is 285 g/mol. The predicted molar refractivity (Wildman–Crippen MR) is 83.1 cm³/mol. The molecule has 5 N–H and O–H groups in total. The molecule has 3 rings (SSSR count). The van der Waals surface area contributed by atoms with E-state index in [2.05, 4.69) is 5.32 Å². The number of fused-ring (bicyclic) bond motifs is 1. The molecule has 0 saturated carbocycles. The Balaban J connectivity index is 2.23. The Morgan fingerprint density at radius 1 is 1.19 bits per heavy atom. The predicted octanol–water partition coefficient (Wildman–Crippen LogP) is 1.84. The number of nitrogens with one attached hydrogen (secondary N) is 1. The van der Waals surface area contributed by atoms with Gasteiger partial charge >= 0.3 is 0 Å². The molecule has 0 aromatic heterocycles. The topological polar surface area (TPSA) is 82.5 Å². The van der Waals surface area contributed by atoms with Gasteiger partial charge in [-0.3, -0.25) is 0 Å². The van der Waals surface area contributed by atoms with Gasteiger partial charge in [-0.25, -0.2) is 0 Å². The molecule has 0 spiro atoms. The molecule has 0 aliphatic carbocycles. The zero-order valence-corrected chi connectivity index (χ0v) is 12.0. The first-order chi connectivity index (χ1) is 10.2. The maximum atomic E-state index is 6.18. The number of anilines is 1. The zero-order chi connectivity index (χ0) is 14.8. The lowest BCUT2D eigenvalue weighted by Crippen LogP contribution is -2.07. The Labute approximate surface area is 123 Å². The van der Waals surface area contributed by atoms with E-state index >= 15 is 0 Å². The molecule has 0 amide bonds. The summed E-state index contributed by atoms with van der Waals surface area (Å²) >= 11 is 0. The third-order valence-corrected chi connectivity index (χ3v) is 3.62. The normalized spacial score (nSPS) is 12.7. The Morgan fingerprint density at radius 3 is 2.81 bits per heavy atom. The van der Waals surface area contributed by atoms with Crippen molar-refractivity contribution in [2.45, 2.75) is 13.1 Å². The number of hydrogen-bond acceptors (Lipinski definition) is 5. The van der Waals surface area contributed by atoms with Crippen LogP contribution in [0.3, 0.4) is 0 Å². The molecule has 5 heteroatoms. The molecular formula is C16H19N3O2. The van der Waals surface area contributed by atoms with E-state index in [9.17, 15) is 0 Å². The molecule has 1 aliphatic heterocycles. The van der Waals surface area contributed by atoms with E-state index in [1.54, 1.807) is 0 Å². The highest BCUT2D eigenvalue weighted by Gasteiger charge is 2.23. The molecular weight excluding hydrogens is 266 g/mol. The molecule has 0 bridgehead atoms. The van der Waals surface area contributed by atoms with Gasteiger partial charge in [-0.05, 0) is 36.4 Å². The second-order valence-corrected chi connectivity index (χ2v) is 4.99. The lowest BCUT2D eigenvalue weighted by molar-refractivity contribution is 0.174. The van der Waals surface area contributed by atoms with Crippen LogP contribution in [-0.4, -0.2) is 13.8 Å². The van der Waals surface area contributed by atoms with Crippen molar-refractivity contribution in [1.82, 2.24) is 5.32 Å². The fraction of sp³-hybridized carbons (Fsp3) is 0.250. The van der Waals surface area contributed by atoms with Crippen LogP contribution >= 0.6 is 0 Å². The van der Waals surface area contributed by atoms with Crippen molar-refractivity contribution in [2.24, 2.45) is 5.73 Å². The van der Waals surface area contributed by atoms with Crippen molar-refractivity contribution < 1.29 is 9.47 Å². The fourth-order valence-electron chi connectivity index (χ4n) is 2.59. The van der Waals surface area contributed by atoms with Gasteiger partial charge in [0.25, 0.3) is 0 Å². The van der Waals surface area contributed by atoms with Crippen LogP contribution in [0.5, 0.6) is 11.5 Å². The van der Waals surface area contributed by atoms with Gasteiger partial charge in [0.05, 0.1) is 0 Å². The molecule has 0 fully saturated rings. The lowest BCUT2D eigenvalue weighted by atomic mass is 9.95. The van der Waals surface area contributed by atoms with Crippen molar-refractivity contribution in [2.75, 3.05) is 19.6 Å². The summed E-state index contributed by atoms with van der Waals surface area (Å²) in [5.74, 6) is 1.51. The highest BCUT2D eigenvalue weighted by Crippen LogP contribution is 2.45. The van der Waals surface area contributed by atoms with E-state index in [-0.39, 0.29) is 6.79 Å². The van der Waals surface area contributed by atoms with Gasteiger partial charge < -0.3 is 26.3 Å². The highest BCUT2D eigenvalue weighted by atomic mass is 16.7. The van der Waals surface area contributed by atoms with Gasteiger partial charge in [0.1, 0.15) is 0 Å². The minimum atomic E-state index is 0.238. The minimum Gasteiger partial charge on any atom is -0.454 e. The summed E-state index contributed by atoms with van der Waals surface area (Å²) in [5.41, 5.74) is 16.7. The summed E-state index contributed by atoms with van der Waals surface area (Å²) in [5, 5.41) is 3.17. The van der Waals surface area contributed by atoms with Crippen molar-refractivity contribution in [3.8, 4) is 22.6 Å². The van der Waals surface area contributed by atoms with E-state index in [4.69, 9.17) is 20.9 Å². The number of hydrogen-bond donors (Lipinski definition) is 3. The molecule has 5 nitrogen and oxygen atoms in total. The highest BCUT2D eigenvalue weighted by molar-refractivity contribution is 5.85. The van der Waals surface area contributed by atoms with E-state index in [0.29, 0.717) is 12.2 Å². The van der Waals surface area contributed by atoms with Crippen LogP contribution in [0, 0.1) is 0 Å². The fourth-order valence-corrected chi connectivity index (χ4v) is 2.59. The van der Waals surface area contributed by atoms with Crippen LogP contribution in [0.1, 0.15) is 11.1 Å². The third kappa shape index (κ3) is 2.41. The van der Waals surface area contributed by atoms with Gasteiger partial charge in [0.2, 0.25) is 6.79 Å². The molecule has 0 unspecified atom stereocenters. The summed E-state index contributed by atoms with van der Waals surface area (Å²) in [4.78, 5) is 0. The molecule has 0 atom stereocenters. The average molecular weight is 285 g/mol. The first kappa shape index (κ1) is 13.7. The average Bonchev–Trinajstić information content (AvgIpc) is 2.97. The SMILES string of the molecule is CNCc1ccc2c(c1-c1cc(CN)ccc1N)OCO2. The summed E-state index contributed by atoms with van der Waals surface area (Å²) < 4.78 is 11.1. The van der Waals surface area contributed by atoms with Gasteiger partial charge in [-0.2, -0.15) is 0 Å². The molecule has 1 aliphatic rings. The quantitative estimate of drug-likeness (QED) is 0.747. The first-order valence-corrected chi connectivity index (χ1v) is 6.89. The molecule has 2 aromatic rings. The van der Waals surface area contributed by atoms with Crippen LogP contribution in [0.25, 0.3) is 11.1 Å². The third-order valence-electron chi connectivity index (χ3n) is 3.62. The Kier molecular flexibility index (Phi) is 3.68. The van der Waals surface area contributed by atoms with E-state index in [1.807, 2.05) is 37.4 Å². The van der Waals surface area contributed by atoms with E-state index in [0.717, 1.165) is 40.3 Å². The summed E-state index contributed by atoms with van der Waals surface area (Å²) in [6, 6.07) is 9.81. The summed E-state index contributed by atoms with van der Waals surface area (Å²) in [6.45, 7) is 1.43. The maximum absolute atomic E-state index is 6.18. The molecule has 2 aromatic carbocycles. The Bertz CT molecular complexity index is 671. The van der Waals surface area contributed by atoms with Crippen LogP contribution < -0.4 is 26.3 Å². The first-order valence-electron chi connectivity index (χ1n) is 6.89. The maximum Gasteiger partial charge on any atom is 0.231 e. The van der Waals surface area contributed by atoms with Gasteiger partial charge in [-0.15, -0.1) is 0 Å². The van der Waals surface area contributed by atoms with Crippen molar-refractivity contribution in [3.05, 3.63) is 41.5 Å². The molecule has 21 heavy (non-hydrogen) atoms. The van der Waals surface area contributed by atoms with Crippen molar-refractivity contribution >= 4 is 5.69 Å². The largest absolute Gasteiger partial charge is 0.454 e. The smallest absolute Gasteiger partial charge is 0.231 e. The zero-order valence-electron chi connectivity index (χ0n) is 12.0. The molecule has 0 radical (unpaired) electrons. The number of benzene rings is 2. The molecule has 1 heterocycles. The summed E-state index contributed by atoms with van der Waals surface area (Å²) in [6.07, 6.45) is 0. The van der Waals surface area contributed by atoms with E-state index in [1.165, 1.54) is 0 Å². The lowest BCUT2D eigenvalue weighted by Gasteiger charge is -2.15. The van der Waals surface area contributed by atoms with Crippen molar-refractivity contribution in [3.63, 3.8) is 0 Å². The van der Waals surface area contributed by atoms with Crippen LogP contribution in [-0.2, 0) is 13.1 Å².